The zero-order valence-electron chi connectivity index (χ0n) is 10.5. The highest BCUT2D eigenvalue weighted by Crippen LogP contribution is 2.22. The molecule has 0 aliphatic heterocycles. The summed E-state index contributed by atoms with van der Waals surface area (Å²) in [6, 6.07) is 12.8. The van der Waals surface area contributed by atoms with E-state index in [-0.39, 0.29) is 5.91 Å². The van der Waals surface area contributed by atoms with Crippen LogP contribution >= 0.6 is 15.9 Å². The molecule has 4 nitrogen and oxygen atoms in total. The van der Waals surface area contributed by atoms with Crippen LogP contribution in [0.2, 0.25) is 0 Å². The Balaban J connectivity index is 1.85. The molecule has 0 saturated carbocycles. The summed E-state index contributed by atoms with van der Waals surface area (Å²) in [5.41, 5.74) is 8.67. The third-order valence-corrected chi connectivity index (χ3v) is 3.76. The van der Waals surface area contributed by atoms with E-state index >= 15 is 0 Å². The number of nitrogens with two attached hydrogens (primary N) is 1. The van der Waals surface area contributed by atoms with Gasteiger partial charge in [-0.1, -0.05) is 0 Å². The lowest BCUT2D eigenvalue weighted by atomic mass is 10.2. The number of halogens is 1. The van der Waals surface area contributed by atoms with Gasteiger partial charge in [0.05, 0.1) is 0 Å². The molecule has 5 heteroatoms. The summed E-state index contributed by atoms with van der Waals surface area (Å²) in [4.78, 5) is 15.3. The number of carbonyl (C=O) groups is 1. The van der Waals surface area contributed by atoms with E-state index in [1.165, 1.54) is 0 Å². The number of benzene rings is 2. The lowest BCUT2D eigenvalue weighted by Gasteiger charge is -2.07. The Morgan fingerprint density at radius 2 is 2.00 bits per heavy atom. The van der Waals surface area contributed by atoms with E-state index in [1.54, 1.807) is 18.2 Å². The second-order valence-corrected chi connectivity index (χ2v) is 5.32. The minimum Gasteiger partial charge on any atom is -0.398 e. The molecule has 0 atom stereocenters. The Hall–Kier alpha value is -2.27. The number of rotatable bonds is 2. The van der Waals surface area contributed by atoms with Crippen molar-refractivity contribution in [3.63, 3.8) is 0 Å². The fraction of sp³-hybridized carbons (Fsp3) is 0. The highest BCUT2D eigenvalue weighted by molar-refractivity contribution is 9.10. The van der Waals surface area contributed by atoms with Crippen LogP contribution in [0.5, 0.6) is 0 Å². The van der Waals surface area contributed by atoms with Crippen LogP contribution in [0.15, 0.2) is 53.1 Å². The number of fused-ring (bicyclic) bond motifs is 1. The maximum absolute atomic E-state index is 12.2. The second kappa shape index (κ2) is 5.02. The van der Waals surface area contributed by atoms with Crippen LogP contribution in [0.25, 0.3) is 10.9 Å². The highest BCUT2D eigenvalue weighted by Gasteiger charge is 2.08. The lowest BCUT2D eigenvalue weighted by molar-refractivity contribution is 0.102. The van der Waals surface area contributed by atoms with Gasteiger partial charge in [0, 0.05) is 38.5 Å². The molecule has 1 amide bonds. The number of carbonyl (C=O) groups excluding carboxylic acids is 1. The molecule has 0 aliphatic rings. The fourth-order valence-electron chi connectivity index (χ4n) is 2.00. The predicted octanol–water partition coefficient (Wildman–Crippen LogP) is 3.76. The van der Waals surface area contributed by atoms with Crippen LogP contribution in [0, 0.1) is 0 Å². The molecule has 4 N–H and O–H groups in total. The minimum atomic E-state index is -0.166. The van der Waals surface area contributed by atoms with Gasteiger partial charge in [0.15, 0.2) is 0 Å². The number of amides is 1. The summed E-state index contributed by atoms with van der Waals surface area (Å²) in [6.07, 6.45) is 1.87. The summed E-state index contributed by atoms with van der Waals surface area (Å²) in [6.45, 7) is 0. The summed E-state index contributed by atoms with van der Waals surface area (Å²) < 4.78 is 0.714. The Labute approximate surface area is 124 Å². The summed E-state index contributed by atoms with van der Waals surface area (Å²) in [5.74, 6) is -0.166. The van der Waals surface area contributed by atoms with E-state index in [0.717, 1.165) is 16.6 Å². The summed E-state index contributed by atoms with van der Waals surface area (Å²) >= 11 is 3.32. The predicted molar refractivity (Wildman–Crippen MR) is 84.8 cm³/mol. The van der Waals surface area contributed by atoms with Gasteiger partial charge in [-0.2, -0.15) is 0 Å². The van der Waals surface area contributed by atoms with Crippen LogP contribution in [0.3, 0.4) is 0 Å². The van der Waals surface area contributed by atoms with Crippen molar-refractivity contribution in [2.75, 3.05) is 11.1 Å². The van der Waals surface area contributed by atoms with Gasteiger partial charge in [-0.15, -0.1) is 0 Å². The molecule has 0 unspecified atom stereocenters. The van der Waals surface area contributed by atoms with Crippen molar-refractivity contribution in [2.45, 2.75) is 0 Å². The largest absolute Gasteiger partial charge is 0.398 e. The van der Waals surface area contributed by atoms with E-state index in [2.05, 4.69) is 26.2 Å². The Morgan fingerprint density at radius 3 is 2.80 bits per heavy atom. The molecular weight excluding hydrogens is 318 g/mol. The molecule has 0 saturated heterocycles. The third-order valence-electron chi connectivity index (χ3n) is 3.07. The standard InChI is InChI=1S/C15H12BrN3O/c16-12-8-10(1-3-13(12)17)15(20)19-11-2-4-14-9(7-11)5-6-18-14/h1-8,18H,17H2,(H,19,20). The molecule has 0 radical (unpaired) electrons. The molecule has 1 heterocycles. The summed E-state index contributed by atoms with van der Waals surface area (Å²) in [7, 11) is 0. The number of H-pyrrole nitrogens is 1. The zero-order valence-corrected chi connectivity index (χ0v) is 12.1. The van der Waals surface area contributed by atoms with Gasteiger partial charge in [0.1, 0.15) is 0 Å². The van der Waals surface area contributed by atoms with Crippen LogP contribution in [-0.2, 0) is 0 Å². The first kappa shape index (κ1) is 12.7. The maximum atomic E-state index is 12.2. The van der Waals surface area contributed by atoms with Crippen molar-refractivity contribution in [3.8, 4) is 0 Å². The van der Waals surface area contributed by atoms with Gasteiger partial charge in [0.2, 0.25) is 0 Å². The van der Waals surface area contributed by atoms with Crippen LogP contribution < -0.4 is 11.1 Å². The maximum Gasteiger partial charge on any atom is 0.255 e. The number of hydrogen-bond donors (Lipinski definition) is 3. The molecule has 20 heavy (non-hydrogen) atoms. The molecule has 2 aromatic carbocycles. The molecule has 100 valence electrons. The van der Waals surface area contributed by atoms with Gasteiger partial charge in [-0.05, 0) is 58.4 Å². The van der Waals surface area contributed by atoms with Crippen molar-refractivity contribution >= 4 is 44.1 Å². The van der Waals surface area contributed by atoms with Gasteiger partial charge in [-0.3, -0.25) is 4.79 Å². The number of anilines is 2. The number of nitrogens with one attached hydrogen (secondary N) is 2. The van der Waals surface area contributed by atoms with Gasteiger partial charge < -0.3 is 16.0 Å². The van der Waals surface area contributed by atoms with Crippen molar-refractivity contribution in [1.29, 1.82) is 0 Å². The normalized spacial score (nSPS) is 10.7. The minimum absolute atomic E-state index is 0.166. The van der Waals surface area contributed by atoms with Gasteiger partial charge in [0.25, 0.3) is 5.91 Å². The molecular formula is C15H12BrN3O. The van der Waals surface area contributed by atoms with Crippen LogP contribution in [0.1, 0.15) is 10.4 Å². The smallest absolute Gasteiger partial charge is 0.255 e. The Bertz CT molecular complexity index is 795. The van der Waals surface area contributed by atoms with E-state index < -0.39 is 0 Å². The summed E-state index contributed by atoms with van der Waals surface area (Å²) in [5, 5.41) is 3.93. The first-order valence-corrected chi connectivity index (χ1v) is 6.86. The quantitative estimate of drug-likeness (QED) is 0.626. The topological polar surface area (TPSA) is 70.9 Å². The second-order valence-electron chi connectivity index (χ2n) is 4.47. The number of nitrogen functional groups attached to an aromatic ring is 1. The fourth-order valence-corrected chi connectivity index (χ4v) is 2.38. The highest BCUT2D eigenvalue weighted by atomic mass is 79.9. The average Bonchev–Trinajstić information content (AvgIpc) is 2.89. The van der Waals surface area contributed by atoms with Crippen molar-refractivity contribution in [1.82, 2.24) is 4.98 Å². The number of aromatic nitrogens is 1. The number of hydrogen-bond acceptors (Lipinski definition) is 2. The van der Waals surface area contributed by atoms with E-state index in [4.69, 9.17) is 5.73 Å². The monoisotopic (exact) mass is 329 g/mol. The van der Waals surface area contributed by atoms with Crippen LogP contribution in [-0.4, -0.2) is 10.9 Å². The zero-order chi connectivity index (χ0) is 14.1. The van der Waals surface area contributed by atoms with Gasteiger partial charge in [-0.25, -0.2) is 0 Å². The Kier molecular flexibility index (Phi) is 3.20. The van der Waals surface area contributed by atoms with E-state index in [0.29, 0.717) is 15.7 Å². The van der Waals surface area contributed by atoms with Crippen LogP contribution in [0.4, 0.5) is 11.4 Å². The van der Waals surface area contributed by atoms with Crippen molar-refractivity contribution < 1.29 is 4.79 Å². The van der Waals surface area contributed by atoms with Crippen molar-refractivity contribution in [3.05, 3.63) is 58.7 Å². The Morgan fingerprint density at radius 1 is 1.15 bits per heavy atom. The SMILES string of the molecule is Nc1ccc(C(=O)Nc2ccc3[nH]ccc3c2)cc1Br. The molecule has 1 aromatic heterocycles. The van der Waals surface area contributed by atoms with Crippen molar-refractivity contribution in [2.24, 2.45) is 0 Å². The molecule has 0 spiro atoms. The van der Waals surface area contributed by atoms with E-state index in [9.17, 15) is 4.79 Å². The van der Waals surface area contributed by atoms with Gasteiger partial charge >= 0.3 is 0 Å². The van der Waals surface area contributed by atoms with E-state index in [1.807, 2.05) is 30.5 Å². The molecule has 0 aliphatic carbocycles. The molecule has 0 bridgehead atoms. The number of aromatic amines is 1. The first-order chi connectivity index (χ1) is 9.63. The molecule has 0 fully saturated rings. The lowest BCUT2D eigenvalue weighted by Crippen LogP contribution is -2.11. The third kappa shape index (κ3) is 2.40. The molecule has 3 aromatic rings. The average molecular weight is 330 g/mol. The molecule has 3 rings (SSSR count). The first-order valence-electron chi connectivity index (χ1n) is 6.07.